The second-order valence-electron chi connectivity index (χ2n) is 7.26. The van der Waals surface area contributed by atoms with Gasteiger partial charge in [-0.15, -0.1) is 0 Å². The van der Waals surface area contributed by atoms with Crippen molar-refractivity contribution in [2.24, 2.45) is 5.73 Å². The van der Waals surface area contributed by atoms with Crippen molar-refractivity contribution in [1.82, 2.24) is 0 Å². The van der Waals surface area contributed by atoms with Crippen molar-refractivity contribution < 1.29 is 23.9 Å². The van der Waals surface area contributed by atoms with Gasteiger partial charge in [-0.05, 0) is 54.6 Å². The molecule has 0 aromatic heterocycles. The molecule has 166 valence electrons. The monoisotopic (exact) mass is 444 g/mol. The molecule has 33 heavy (non-hydrogen) atoms. The molecule has 0 radical (unpaired) electrons. The van der Waals surface area contributed by atoms with Crippen molar-refractivity contribution in [3.63, 3.8) is 0 Å². The minimum absolute atomic E-state index is 0.0807. The third kappa shape index (κ3) is 4.99. The van der Waals surface area contributed by atoms with Gasteiger partial charge in [0.2, 0.25) is 11.8 Å². The molecule has 1 heterocycles. The van der Waals surface area contributed by atoms with E-state index in [1.54, 1.807) is 66.7 Å². The van der Waals surface area contributed by atoms with E-state index in [0.717, 1.165) is 0 Å². The number of carbonyl (C=O) groups excluding carboxylic acids is 4. The third-order valence-electron chi connectivity index (χ3n) is 4.92. The number of benzene rings is 3. The molecule has 4 rings (SSSR count). The summed E-state index contributed by atoms with van der Waals surface area (Å²) in [6, 6.07) is 19.6. The number of hydrogen-bond donors (Lipinski definition) is 3. The Morgan fingerprint density at radius 2 is 1.73 bits per heavy atom. The number of carbonyl (C=O) groups is 4. The summed E-state index contributed by atoms with van der Waals surface area (Å²) in [4.78, 5) is 49.8. The first-order valence-electron chi connectivity index (χ1n) is 10.0. The van der Waals surface area contributed by atoms with E-state index in [1.165, 1.54) is 11.0 Å². The van der Waals surface area contributed by atoms with Crippen LogP contribution in [0.5, 0.6) is 5.75 Å². The highest BCUT2D eigenvalue weighted by atomic mass is 16.5. The molecule has 9 nitrogen and oxygen atoms in total. The maximum atomic E-state index is 13.0. The second kappa shape index (κ2) is 9.23. The number of primary amides is 1. The smallest absolute Gasteiger partial charge is 0.262 e. The molecule has 0 spiro atoms. The predicted octanol–water partition coefficient (Wildman–Crippen LogP) is 2.40. The van der Waals surface area contributed by atoms with Crippen molar-refractivity contribution in [1.29, 1.82) is 0 Å². The number of nitrogens with one attached hydrogen (secondary N) is 2. The van der Waals surface area contributed by atoms with Gasteiger partial charge in [-0.3, -0.25) is 24.1 Å². The fourth-order valence-corrected chi connectivity index (χ4v) is 3.35. The van der Waals surface area contributed by atoms with E-state index in [1.807, 2.05) is 0 Å². The molecule has 4 N–H and O–H groups in total. The van der Waals surface area contributed by atoms with E-state index in [-0.39, 0.29) is 30.5 Å². The molecule has 1 aliphatic heterocycles. The van der Waals surface area contributed by atoms with E-state index in [0.29, 0.717) is 28.4 Å². The lowest BCUT2D eigenvalue weighted by atomic mass is 10.1. The van der Waals surface area contributed by atoms with Gasteiger partial charge in [0.05, 0.1) is 11.4 Å². The molecule has 0 aliphatic carbocycles. The summed E-state index contributed by atoms with van der Waals surface area (Å²) in [6.45, 7) is -0.356. The second-order valence-corrected chi connectivity index (χ2v) is 7.26. The van der Waals surface area contributed by atoms with E-state index in [4.69, 9.17) is 10.5 Å². The predicted molar refractivity (Wildman–Crippen MR) is 122 cm³/mol. The van der Waals surface area contributed by atoms with Crippen LogP contribution < -0.4 is 26.0 Å². The number of amides is 4. The fourth-order valence-electron chi connectivity index (χ4n) is 3.35. The molecular weight excluding hydrogens is 424 g/mol. The van der Waals surface area contributed by atoms with Crippen LogP contribution in [-0.2, 0) is 9.59 Å². The average Bonchev–Trinajstić information content (AvgIpc) is 2.82. The van der Waals surface area contributed by atoms with Crippen LogP contribution in [0.3, 0.4) is 0 Å². The van der Waals surface area contributed by atoms with E-state index >= 15 is 0 Å². The largest absolute Gasteiger partial charge is 0.484 e. The van der Waals surface area contributed by atoms with Gasteiger partial charge in [-0.1, -0.05) is 18.2 Å². The summed E-state index contributed by atoms with van der Waals surface area (Å²) < 4.78 is 5.40. The summed E-state index contributed by atoms with van der Waals surface area (Å²) in [7, 11) is 0. The number of para-hydroxylation sites is 2. The topological polar surface area (TPSA) is 131 Å². The summed E-state index contributed by atoms with van der Waals surface area (Å²) in [6.07, 6.45) is 0. The van der Waals surface area contributed by atoms with Gasteiger partial charge in [0.15, 0.2) is 6.61 Å². The van der Waals surface area contributed by atoms with Crippen molar-refractivity contribution >= 4 is 40.7 Å². The van der Waals surface area contributed by atoms with Gasteiger partial charge in [0.25, 0.3) is 11.8 Å². The molecule has 0 unspecified atom stereocenters. The van der Waals surface area contributed by atoms with Crippen molar-refractivity contribution in [2.75, 3.05) is 28.7 Å². The Balaban J connectivity index is 1.38. The Labute approximate surface area is 189 Å². The van der Waals surface area contributed by atoms with Crippen LogP contribution in [0.4, 0.5) is 17.1 Å². The molecule has 9 heteroatoms. The summed E-state index contributed by atoms with van der Waals surface area (Å²) >= 11 is 0. The van der Waals surface area contributed by atoms with E-state index in [2.05, 4.69) is 10.6 Å². The molecule has 0 fully saturated rings. The van der Waals surface area contributed by atoms with Crippen LogP contribution in [-0.4, -0.2) is 36.8 Å². The first kappa shape index (κ1) is 21.6. The van der Waals surface area contributed by atoms with Gasteiger partial charge in [0, 0.05) is 16.8 Å². The van der Waals surface area contributed by atoms with Gasteiger partial charge in [0.1, 0.15) is 12.3 Å². The van der Waals surface area contributed by atoms with Gasteiger partial charge >= 0.3 is 0 Å². The number of rotatable bonds is 6. The molecule has 3 aromatic carbocycles. The Morgan fingerprint density at radius 3 is 2.48 bits per heavy atom. The van der Waals surface area contributed by atoms with Crippen LogP contribution in [0.15, 0.2) is 72.8 Å². The zero-order chi connectivity index (χ0) is 23.4. The Bertz CT molecular complexity index is 1240. The highest BCUT2D eigenvalue weighted by molar-refractivity contribution is 6.15. The maximum Gasteiger partial charge on any atom is 0.262 e. The molecule has 1 aliphatic rings. The first-order valence-corrected chi connectivity index (χ1v) is 10.0. The molecular formula is C24H20N4O5. The molecule has 0 atom stereocenters. The SMILES string of the molecule is NC(=O)c1cccc(OCC(=O)Nc2ccc(C(=O)N3CC(=O)Nc4ccccc43)cc2)c1. The molecule has 4 amide bonds. The standard InChI is InChI=1S/C24H20N4O5/c25-23(31)16-4-3-5-18(12-16)33-14-22(30)26-17-10-8-15(9-11-17)24(32)28-13-21(29)27-19-6-1-2-7-20(19)28/h1-12H,13-14H2,(H2,25,31)(H,26,30)(H,27,29). The lowest BCUT2D eigenvalue weighted by Gasteiger charge is -2.29. The number of nitrogens with two attached hydrogens (primary N) is 1. The number of hydrogen-bond acceptors (Lipinski definition) is 5. The Kier molecular flexibility index (Phi) is 6.03. The number of anilines is 3. The van der Waals surface area contributed by atoms with Gasteiger partial charge in [-0.25, -0.2) is 0 Å². The van der Waals surface area contributed by atoms with Crippen LogP contribution in [0, 0.1) is 0 Å². The number of fused-ring (bicyclic) bond motifs is 1. The molecule has 3 aromatic rings. The summed E-state index contributed by atoms with van der Waals surface area (Å²) in [5, 5.41) is 5.42. The normalized spacial score (nSPS) is 12.4. The van der Waals surface area contributed by atoms with Gasteiger partial charge in [-0.2, -0.15) is 0 Å². The minimum atomic E-state index is -0.590. The Morgan fingerprint density at radius 1 is 0.970 bits per heavy atom. The zero-order valence-corrected chi connectivity index (χ0v) is 17.4. The van der Waals surface area contributed by atoms with Crippen molar-refractivity contribution in [2.45, 2.75) is 0 Å². The Hall–Kier alpha value is -4.66. The maximum absolute atomic E-state index is 13.0. The first-order chi connectivity index (χ1) is 15.9. The van der Waals surface area contributed by atoms with Gasteiger partial charge < -0.3 is 21.1 Å². The lowest BCUT2D eigenvalue weighted by Crippen LogP contribution is -2.42. The zero-order valence-electron chi connectivity index (χ0n) is 17.4. The van der Waals surface area contributed by atoms with E-state index in [9.17, 15) is 19.2 Å². The minimum Gasteiger partial charge on any atom is -0.484 e. The van der Waals surface area contributed by atoms with E-state index < -0.39 is 11.8 Å². The van der Waals surface area contributed by atoms with Crippen LogP contribution >= 0.6 is 0 Å². The highest BCUT2D eigenvalue weighted by Gasteiger charge is 2.27. The van der Waals surface area contributed by atoms with Crippen LogP contribution in [0.2, 0.25) is 0 Å². The number of ether oxygens (including phenoxy) is 1. The molecule has 0 saturated carbocycles. The average molecular weight is 444 g/mol. The summed E-state index contributed by atoms with van der Waals surface area (Å²) in [5.74, 6) is -1.26. The quantitative estimate of drug-likeness (QED) is 0.537. The summed E-state index contributed by atoms with van der Waals surface area (Å²) in [5.41, 5.74) is 7.56. The van der Waals surface area contributed by atoms with Crippen molar-refractivity contribution in [3.8, 4) is 5.75 Å². The van der Waals surface area contributed by atoms with Crippen LogP contribution in [0.25, 0.3) is 0 Å². The fraction of sp³-hybridized carbons (Fsp3) is 0.0833. The molecule has 0 saturated heterocycles. The molecule has 0 bridgehead atoms. The lowest BCUT2D eigenvalue weighted by molar-refractivity contribution is -0.118. The van der Waals surface area contributed by atoms with Crippen molar-refractivity contribution in [3.05, 3.63) is 83.9 Å². The van der Waals surface area contributed by atoms with Crippen LogP contribution in [0.1, 0.15) is 20.7 Å². The number of nitrogens with zero attached hydrogens (tertiary/aromatic N) is 1. The highest BCUT2D eigenvalue weighted by Crippen LogP contribution is 2.30. The third-order valence-corrected chi connectivity index (χ3v) is 4.92.